The first-order chi connectivity index (χ1) is 20.2. The Morgan fingerprint density at radius 1 is 0.905 bits per heavy atom. The molecule has 0 radical (unpaired) electrons. The zero-order valence-electron chi connectivity index (χ0n) is 23.7. The highest BCUT2D eigenvalue weighted by Gasteiger charge is 2.31. The predicted molar refractivity (Wildman–Crippen MR) is 160 cm³/mol. The van der Waals surface area contributed by atoms with Crippen LogP contribution in [0.1, 0.15) is 55.1 Å². The minimum Gasteiger partial charge on any atom is -0.393 e. The number of carbonyl (C=O) groups excluding carboxylic acids is 2. The van der Waals surface area contributed by atoms with Crippen LogP contribution in [0.25, 0.3) is 22.4 Å². The molecule has 1 heterocycles. The number of halogens is 1. The highest BCUT2D eigenvalue weighted by atomic mass is 19.1. The number of nitrogens with zero attached hydrogens (tertiary/aromatic N) is 1. The van der Waals surface area contributed by atoms with E-state index < -0.39 is 18.2 Å². The molecule has 0 bridgehead atoms. The van der Waals surface area contributed by atoms with E-state index in [0.29, 0.717) is 28.1 Å². The van der Waals surface area contributed by atoms with E-state index in [2.05, 4.69) is 10.2 Å². The highest BCUT2D eigenvalue weighted by molar-refractivity contribution is 6.12. The van der Waals surface area contributed by atoms with Gasteiger partial charge in [-0.3, -0.25) is 9.59 Å². The molecule has 0 aliphatic rings. The maximum Gasteiger partial charge on any atom is 0.327 e. The van der Waals surface area contributed by atoms with Crippen LogP contribution >= 0.6 is 0 Å². The summed E-state index contributed by atoms with van der Waals surface area (Å²) in [6, 6.07) is 24.8. The third kappa shape index (κ3) is 7.30. The lowest BCUT2D eigenvalue weighted by atomic mass is 9.94. The van der Waals surface area contributed by atoms with E-state index in [1.807, 2.05) is 79.1 Å². The number of para-hydroxylation sites is 1. The van der Waals surface area contributed by atoms with Gasteiger partial charge in [0.25, 0.3) is 5.91 Å². The van der Waals surface area contributed by atoms with E-state index in [-0.39, 0.29) is 43.4 Å². The van der Waals surface area contributed by atoms with Crippen LogP contribution in [0.5, 0.6) is 0 Å². The van der Waals surface area contributed by atoms with Gasteiger partial charge in [0.15, 0.2) is 0 Å². The normalized spacial score (nSPS) is 12.6. The minimum absolute atomic E-state index is 0.0633. The van der Waals surface area contributed by atoms with Crippen LogP contribution in [0.4, 0.5) is 10.1 Å². The summed E-state index contributed by atoms with van der Waals surface area (Å²) in [4.78, 5) is 29.6. The van der Waals surface area contributed by atoms with Crippen LogP contribution in [-0.2, 0) is 16.2 Å². The van der Waals surface area contributed by atoms with Gasteiger partial charge in [0.2, 0.25) is 0 Å². The van der Waals surface area contributed by atoms with Crippen molar-refractivity contribution in [1.29, 1.82) is 0 Å². The van der Waals surface area contributed by atoms with Crippen molar-refractivity contribution >= 4 is 17.6 Å². The van der Waals surface area contributed by atoms with Crippen molar-refractivity contribution in [2.24, 2.45) is 5.90 Å². The van der Waals surface area contributed by atoms with Gasteiger partial charge in [-0.15, -0.1) is 0 Å². The second kappa shape index (κ2) is 14.0. The summed E-state index contributed by atoms with van der Waals surface area (Å²) in [6.07, 6.45) is -2.28. The Labute approximate surface area is 244 Å². The molecule has 1 amide bonds. The standard InChI is InChI=1S/C33H36FN3O5/c1-21(2)31-30(33(41)36-25-11-7-4-8-12-25)29(22-9-5-3-6-10-22)32(23-13-15-24(34)16-14-23)37(31)18-17-26(38)19-27(39)20-28(40)42-35/h3-16,21,26-27,38-39H,17-20,35H2,1-2H3,(H,36,41)/t26-,27-/m0/s1. The number of nitrogens with two attached hydrogens (primary N) is 1. The Balaban J connectivity index is 1.86. The number of carbonyl (C=O) groups is 2. The molecule has 8 nitrogen and oxygen atoms in total. The molecule has 42 heavy (non-hydrogen) atoms. The maximum absolute atomic E-state index is 14.1. The quantitative estimate of drug-likeness (QED) is 0.162. The average Bonchev–Trinajstić information content (AvgIpc) is 3.33. The van der Waals surface area contributed by atoms with E-state index >= 15 is 0 Å². The average molecular weight is 574 g/mol. The molecule has 0 aliphatic heterocycles. The molecule has 0 unspecified atom stereocenters. The van der Waals surface area contributed by atoms with Crippen molar-refractivity contribution in [3.63, 3.8) is 0 Å². The number of amides is 1. The third-order valence-corrected chi connectivity index (χ3v) is 7.05. The molecule has 0 saturated carbocycles. The van der Waals surface area contributed by atoms with Gasteiger partial charge in [-0.25, -0.2) is 4.39 Å². The number of benzene rings is 3. The smallest absolute Gasteiger partial charge is 0.327 e. The van der Waals surface area contributed by atoms with Gasteiger partial charge in [0, 0.05) is 23.5 Å². The molecule has 2 atom stereocenters. The third-order valence-electron chi connectivity index (χ3n) is 7.05. The number of nitrogens with one attached hydrogen (secondary N) is 1. The fourth-order valence-corrected chi connectivity index (χ4v) is 5.24. The Bertz CT molecular complexity index is 1490. The first-order valence-electron chi connectivity index (χ1n) is 13.9. The van der Waals surface area contributed by atoms with E-state index in [0.717, 1.165) is 11.3 Å². The van der Waals surface area contributed by atoms with Gasteiger partial charge >= 0.3 is 5.97 Å². The van der Waals surface area contributed by atoms with Crippen molar-refractivity contribution in [1.82, 2.24) is 4.57 Å². The molecule has 0 spiro atoms. The lowest BCUT2D eigenvalue weighted by molar-refractivity contribution is -0.146. The zero-order valence-corrected chi connectivity index (χ0v) is 23.7. The van der Waals surface area contributed by atoms with Gasteiger partial charge in [0.05, 0.1) is 29.9 Å². The Morgan fingerprint density at radius 3 is 2.12 bits per heavy atom. The summed E-state index contributed by atoms with van der Waals surface area (Å²) in [5.41, 5.74) is 4.80. The second-order valence-corrected chi connectivity index (χ2v) is 10.5. The van der Waals surface area contributed by atoms with Gasteiger partial charge in [-0.1, -0.05) is 62.4 Å². The molecule has 5 N–H and O–H groups in total. The number of aliphatic hydroxyl groups is 2. The lowest BCUT2D eigenvalue weighted by Crippen LogP contribution is -2.24. The van der Waals surface area contributed by atoms with Crippen LogP contribution in [0, 0.1) is 5.82 Å². The molecule has 9 heteroatoms. The summed E-state index contributed by atoms with van der Waals surface area (Å²) in [5.74, 6) is 3.31. The largest absolute Gasteiger partial charge is 0.393 e. The number of rotatable bonds is 12. The first kappa shape index (κ1) is 30.6. The molecule has 3 aromatic carbocycles. The Morgan fingerprint density at radius 2 is 1.52 bits per heavy atom. The first-order valence-corrected chi connectivity index (χ1v) is 13.9. The maximum atomic E-state index is 14.1. The molecule has 4 rings (SSSR count). The Hall–Kier alpha value is -4.31. The lowest BCUT2D eigenvalue weighted by Gasteiger charge is -2.20. The molecule has 220 valence electrons. The fraction of sp³-hybridized carbons (Fsp3) is 0.273. The van der Waals surface area contributed by atoms with Crippen molar-refractivity contribution < 1.29 is 29.0 Å². The summed E-state index contributed by atoms with van der Waals surface area (Å²) in [7, 11) is 0. The van der Waals surface area contributed by atoms with Gasteiger partial charge < -0.3 is 24.9 Å². The Kier molecular flexibility index (Phi) is 10.2. The van der Waals surface area contributed by atoms with Crippen LogP contribution in [0.3, 0.4) is 0 Å². The van der Waals surface area contributed by atoms with Gasteiger partial charge in [0.1, 0.15) is 5.82 Å². The van der Waals surface area contributed by atoms with E-state index in [4.69, 9.17) is 5.90 Å². The van der Waals surface area contributed by atoms with Crippen molar-refractivity contribution in [2.75, 3.05) is 5.32 Å². The number of hydrogen-bond donors (Lipinski definition) is 4. The van der Waals surface area contributed by atoms with Gasteiger partial charge in [-0.05, 0) is 66.3 Å². The fourth-order valence-electron chi connectivity index (χ4n) is 5.24. The number of aliphatic hydroxyl groups excluding tert-OH is 2. The summed E-state index contributed by atoms with van der Waals surface area (Å²) >= 11 is 0. The molecule has 1 aromatic heterocycles. The predicted octanol–water partition coefficient (Wildman–Crippen LogP) is 5.65. The van der Waals surface area contributed by atoms with Crippen LogP contribution in [0.15, 0.2) is 84.9 Å². The van der Waals surface area contributed by atoms with E-state index in [9.17, 15) is 24.2 Å². The zero-order chi connectivity index (χ0) is 30.2. The number of hydrogen-bond acceptors (Lipinski definition) is 6. The van der Waals surface area contributed by atoms with Crippen LogP contribution in [0.2, 0.25) is 0 Å². The molecular formula is C33H36FN3O5. The van der Waals surface area contributed by atoms with Crippen molar-refractivity contribution in [2.45, 2.75) is 57.8 Å². The summed E-state index contributed by atoms with van der Waals surface area (Å²) in [6.45, 7) is 4.27. The number of aromatic nitrogens is 1. The second-order valence-electron chi connectivity index (χ2n) is 10.5. The van der Waals surface area contributed by atoms with E-state index in [1.54, 1.807) is 12.1 Å². The van der Waals surface area contributed by atoms with Crippen molar-refractivity contribution in [3.05, 3.63) is 102 Å². The van der Waals surface area contributed by atoms with Crippen molar-refractivity contribution in [3.8, 4) is 22.4 Å². The molecular weight excluding hydrogens is 537 g/mol. The molecule has 0 saturated heterocycles. The molecule has 0 aliphatic carbocycles. The number of anilines is 1. The van der Waals surface area contributed by atoms with Crippen LogP contribution in [-0.4, -0.2) is 38.9 Å². The van der Waals surface area contributed by atoms with Crippen LogP contribution < -0.4 is 11.2 Å². The molecule has 4 aromatic rings. The monoisotopic (exact) mass is 573 g/mol. The molecule has 0 fully saturated rings. The minimum atomic E-state index is -1.13. The summed E-state index contributed by atoms with van der Waals surface area (Å²) in [5, 5.41) is 24.1. The topological polar surface area (TPSA) is 127 Å². The van der Waals surface area contributed by atoms with E-state index in [1.165, 1.54) is 12.1 Å². The highest BCUT2D eigenvalue weighted by Crippen LogP contribution is 2.42. The van der Waals surface area contributed by atoms with Gasteiger partial charge in [-0.2, -0.15) is 5.90 Å². The summed E-state index contributed by atoms with van der Waals surface area (Å²) < 4.78 is 16.0. The SMILES string of the molecule is CC(C)c1c(C(=O)Nc2ccccc2)c(-c2ccccc2)c(-c2ccc(F)cc2)n1CC[C@H](O)C[C@H](O)CC(=O)ON.